The van der Waals surface area contributed by atoms with Crippen molar-refractivity contribution in [3.05, 3.63) is 24.0 Å². The van der Waals surface area contributed by atoms with Crippen molar-refractivity contribution in [2.75, 3.05) is 0 Å². The molecule has 2 rings (SSSR count). The van der Waals surface area contributed by atoms with Gasteiger partial charge >= 0.3 is 0 Å². The summed E-state index contributed by atoms with van der Waals surface area (Å²) in [5, 5.41) is 0. The number of carbonyl (C=O) groups is 1. The Morgan fingerprint density at radius 3 is 3.00 bits per heavy atom. The zero-order valence-corrected chi connectivity index (χ0v) is 7.06. The van der Waals surface area contributed by atoms with E-state index < -0.39 is 5.91 Å². The van der Waals surface area contributed by atoms with E-state index in [1.807, 2.05) is 0 Å². The molecule has 0 bridgehead atoms. The average molecular weight is 178 g/mol. The zero-order chi connectivity index (χ0) is 9.26. The highest BCUT2D eigenvalue weighted by molar-refractivity contribution is 5.91. The summed E-state index contributed by atoms with van der Waals surface area (Å²) in [6.07, 6.45) is 4.03. The monoisotopic (exact) mass is 178 g/mol. The third-order valence-corrected chi connectivity index (χ3v) is 1.81. The van der Waals surface area contributed by atoms with Crippen LogP contribution in [0.4, 0.5) is 0 Å². The number of nitrogens with two attached hydrogens (primary N) is 1. The Bertz CT molecular complexity index is 334. The fraction of sp³-hybridized carbons (Fsp3) is 0.333. The molecule has 1 aliphatic rings. The molecule has 0 aliphatic heterocycles. The van der Waals surface area contributed by atoms with Crippen molar-refractivity contribution in [3.8, 4) is 5.75 Å². The summed E-state index contributed by atoms with van der Waals surface area (Å²) in [6, 6.07) is 3.30. The summed E-state index contributed by atoms with van der Waals surface area (Å²) >= 11 is 0. The molecule has 1 aromatic heterocycles. The van der Waals surface area contributed by atoms with Crippen molar-refractivity contribution in [2.24, 2.45) is 5.73 Å². The minimum atomic E-state index is -0.527. The Morgan fingerprint density at radius 2 is 2.38 bits per heavy atom. The number of ether oxygens (including phenoxy) is 1. The van der Waals surface area contributed by atoms with Crippen LogP contribution >= 0.6 is 0 Å². The first-order valence-electron chi connectivity index (χ1n) is 4.18. The number of pyridine rings is 1. The lowest BCUT2D eigenvalue weighted by atomic mass is 10.3. The van der Waals surface area contributed by atoms with Gasteiger partial charge in [-0.15, -0.1) is 0 Å². The molecule has 0 aromatic carbocycles. The molecule has 2 N–H and O–H groups in total. The molecule has 0 radical (unpaired) electrons. The smallest absolute Gasteiger partial charge is 0.267 e. The van der Waals surface area contributed by atoms with Crippen molar-refractivity contribution in [3.63, 3.8) is 0 Å². The van der Waals surface area contributed by atoms with Gasteiger partial charge in [-0.2, -0.15) is 0 Å². The van der Waals surface area contributed by atoms with Crippen LogP contribution in [0.2, 0.25) is 0 Å². The minimum absolute atomic E-state index is 0.248. The van der Waals surface area contributed by atoms with E-state index >= 15 is 0 Å². The molecule has 1 amide bonds. The van der Waals surface area contributed by atoms with Crippen LogP contribution in [0.5, 0.6) is 5.75 Å². The van der Waals surface area contributed by atoms with E-state index in [4.69, 9.17) is 10.5 Å². The molecule has 1 saturated carbocycles. The predicted octanol–water partition coefficient (Wildman–Crippen LogP) is 0.722. The molecule has 1 fully saturated rings. The van der Waals surface area contributed by atoms with E-state index in [1.54, 1.807) is 12.1 Å². The highest BCUT2D eigenvalue weighted by Crippen LogP contribution is 2.26. The zero-order valence-electron chi connectivity index (χ0n) is 7.06. The lowest BCUT2D eigenvalue weighted by Crippen LogP contribution is -2.13. The van der Waals surface area contributed by atoms with Crippen molar-refractivity contribution in [2.45, 2.75) is 18.9 Å². The minimum Gasteiger partial charge on any atom is -0.490 e. The molecule has 4 nitrogen and oxygen atoms in total. The van der Waals surface area contributed by atoms with Gasteiger partial charge in [0.1, 0.15) is 11.4 Å². The lowest BCUT2D eigenvalue weighted by molar-refractivity contribution is 0.0995. The second-order valence-corrected chi connectivity index (χ2v) is 3.06. The molecule has 1 heterocycles. The van der Waals surface area contributed by atoms with Gasteiger partial charge in [0.05, 0.1) is 6.10 Å². The van der Waals surface area contributed by atoms with E-state index in [9.17, 15) is 4.79 Å². The summed E-state index contributed by atoms with van der Waals surface area (Å²) in [7, 11) is 0. The van der Waals surface area contributed by atoms with E-state index in [-0.39, 0.29) is 5.69 Å². The number of primary amides is 1. The molecule has 0 spiro atoms. The first-order valence-corrected chi connectivity index (χ1v) is 4.18. The summed E-state index contributed by atoms with van der Waals surface area (Å²) in [5.74, 6) is 0.146. The van der Waals surface area contributed by atoms with E-state index in [0.29, 0.717) is 11.9 Å². The summed E-state index contributed by atoms with van der Waals surface area (Å²) in [4.78, 5) is 14.6. The highest BCUT2D eigenvalue weighted by atomic mass is 16.5. The van der Waals surface area contributed by atoms with Gasteiger partial charge in [0.25, 0.3) is 5.91 Å². The fourth-order valence-corrected chi connectivity index (χ4v) is 0.998. The Kier molecular flexibility index (Phi) is 1.88. The number of nitrogens with zero attached hydrogens (tertiary/aromatic N) is 1. The second kappa shape index (κ2) is 3.05. The number of hydrogen-bond donors (Lipinski definition) is 1. The molecule has 4 heteroatoms. The highest BCUT2D eigenvalue weighted by Gasteiger charge is 2.23. The Labute approximate surface area is 75.7 Å². The van der Waals surface area contributed by atoms with Gasteiger partial charge in [-0.1, -0.05) is 0 Å². The molecule has 0 unspecified atom stereocenters. The topological polar surface area (TPSA) is 65.2 Å². The van der Waals surface area contributed by atoms with E-state index in [1.165, 1.54) is 6.20 Å². The van der Waals surface area contributed by atoms with Gasteiger partial charge in [-0.25, -0.2) is 0 Å². The van der Waals surface area contributed by atoms with Crippen molar-refractivity contribution in [1.29, 1.82) is 0 Å². The Balaban J connectivity index is 2.15. The van der Waals surface area contributed by atoms with E-state index in [0.717, 1.165) is 12.8 Å². The normalized spacial score (nSPS) is 15.4. The standard InChI is InChI=1S/C9H10N2O2/c10-9(12)8-5-7(3-4-11-8)13-6-1-2-6/h3-6H,1-2H2,(H2,10,12). The van der Waals surface area contributed by atoms with Crippen molar-refractivity contribution < 1.29 is 9.53 Å². The van der Waals surface area contributed by atoms with Crippen LogP contribution in [0.15, 0.2) is 18.3 Å². The average Bonchev–Trinajstić information content (AvgIpc) is 2.89. The summed E-state index contributed by atoms with van der Waals surface area (Å²) < 4.78 is 5.47. The van der Waals surface area contributed by atoms with Crippen LogP contribution in [0.25, 0.3) is 0 Å². The van der Waals surface area contributed by atoms with Gasteiger partial charge in [0, 0.05) is 12.3 Å². The molecular weight excluding hydrogens is 168 g/mol. The quantitative estimate of drug-likeness (QED) is 0.741. The van der Waals surface area contributed by atoms with Crippen LogP contribution in [-0.4, -0.2) is 17.0 Å². The number of aromatic nitrogens is 1. The molecule has 1 aliphatic carbocycles. The van der Waals surface area contributed by atoms with Gasteiger partial charge in [-0.3, -0.25) is 9.78 Å². The van der Waals surface area contributed by atoms with Crippen LogP contribution < -0.4 is 10.5 Å². The Hall–Kier alpha value is -1.58. The Morgan fingerprint density at radius 1 is 1.62 bits per heavy atom. The summed E-state index contributed by atoms with van der Waals surface area (Å²) in [5.41, 5.74) is 5.32. The lowest BCUT2D eigenvalue weighted by Gasteiger charge is -2.03. The maximum atomic E-state index is 10.8. The molecule has 68 valence electrons. The van der Waals surface area contributed by atoms with Crippen LogP contribution in [0.1, 0.15) is 23.3 Å². The molecule has 13 heavy (non-hydrogen) atoms. The third-order valence-electron chi connectivity index (χ3n) is 1.81. The largest absolute Gasteiger partial charge is 0.490 e. The van der Waals surface area contributed by atoms with Crippen LogP contribution in [0, 0.1) is 0 Å². The van der Waals surface area contributed by atoms with Crippen molar-refractivity contribution >= 4 is 5.91 Å². The van der Waals surface area contributed by atoms with Gasteiger partial charge < -0.3 is 10.5 Å². The first-order chi connectivity index (χ1) is 6.25. The predicted molar refractivity (Wildman–Crippen MR) is 46.4 cm³/mol. The number of hydrogen-bond acceptors (Lipinski definition) is 3. The molecular formula is C9H10N2O2. The number of amides is 1. The fourth-order valence-electron chi connectivity index (χ4n) is 0.998. The van der Waals surface area contributed by atoms with Gasteiger partial charge in [-0.05, 0) is 18.9 Å². The molecule has 1 aromatic rings. The number of carbonyl (C=O) groups excluding carboxylic acids is 1. The van der Waals surface area contributed by atoms with Gasteiger partial charge in [0.15, 0.2) is 0 Å². The molecule has 0 saturated heterocycles. The second-order valence-electron chi connectivity index (χ2n) is 3.06. The molecule has 0 atom stereocenters. The SMILES string of the molecule is NC(=O)c1cc(OC2CC2)ccn1. The summed E-state index contributed by atoms with van der Waals surface area (Å²) in [6.45, 7) is 0. The number of rotatable bonds is 3. The van der Waals surface area contributed by atoms with Gasteiger partial charge in [0.2, 0.25) is 0 Å². The first kappa shape index (κ1) is 8.04. The third kappa shape index (κ3) is 1.96. The van der Waals surface area contributed by atoms with Crippen molar-refractivity contribution in [1.82, 2.24) is 4.98 Å². The van der Waals surface area contributed by atoms with Crippen LogP contribution in [0.3, 0.4) is 0 Å². The maximum absolute atomic E-state index is 10.8. The van der Waals surface area contributed by atoms with E-state index in [2.05, 4.69) is 4.98 Å². The van der Waals surface area contributed by atoms with Crippen LogP contribution in [-0.2, 0) is 0 Å². The maximum Gasteiger partial charge on any atom is 0.267 e.